The summed E-state index contributed by atoms with van der Waals surface area (Å²) in [5.74, 6) is 5.77. The van der Waals surface area contributed by atoms with Gasteiger partial charge in [-0.3, -0.25) is 14.4 Å². The molecule has 55 heavy (non-hydrogen) atoms. The summed E-state index contributed by atoms with van der Waals surface area (Å²) in [6.07, 6.45) is 4.84. The summed E-state index contributed by atoms with van der Waals surface area (Å²) in [7, 11) is 0. The van der Waals surface area contributed by atoms with Gasteiger partial charge in [0.05, 0.1) is 11.4 Å². The molecule has 2 aliphatic carbocycles. The van der Waals surface area contributed by atoms with Gasteiger partial charge in [0.25, 0.3) is 5.91 Å². The minimum Gasteiger partial charge on any atom is -0.472 e. The van der Waals surface area contributed by atoms with Crippen molar-refractivity contribution in [1.82, 2.24) is 5.32 Å². The summed E-state index contributed by atoms with van der Waals surface area (Å²) in [5, 5.41) is 10.6. The number of hydrogen-bond donors (Lipinski definition) is 5. The first-order valence-corrected chi connectivity index (χ1v) is 18.3. The third-order valence-corrected chi connectivity index (χ3v) is 10.5. The number of piperidine rings is 2. The maximum absolute atomic E-state index is 15.1. The molecule has 2 aromatic carbocycles. The van der Waals surface area contributed by atoms with Gasteiger partial charge >= 0.3 is 5.97 Å². The van der Waals surface area contributed by atoms with Crippen molar-refractivity contribution < 1.29 is 33.1 Å². The van der Waals surface area contributed by atoms with E-state index in [1.54, 1.807) is 6.92 Å². The molecule has 13 heteroatoms. The molecular weight excluding hydrogens is 706 g/mol. The van der Waals surface area contributed by atoms with Crippen LogP contribution >= 0.6 is 0 Å². The Balaban J connectivity index is 0.000000216. The average Bonchev–Trinajstić information content (AvgIpc) is 3.57. The Bertz CT molecular complexity index is 2100. The quantitative estimate of drug-likeness (QED) is 0.273. The van der Waals surface area contributed by atoms with Crippen LogP contribution in [-0.4, -0.2) is 67.1 Å². The van der Waals surface area contributed by atoms with Gasteiger partial charge in [-0.2, -0.15) is 0 Å². The number of carboxylic acid groups (broad SMARTS) is 1. The van der Waals surface area contributed by atoms with Crippen molar-refractivity contribution in [2.24, 2.45) is 17.2 Å². The lowest BCUT2D eigenvalue weighted by atomic mass is 9.95. The topological polar surface area (TPSA) is 185 Å². The molecule has 3 amide bonds. The Morgan fingerprint density at radius 3 is 1.62 bits per heavy atom. The van der Waals surface area contributed by atoms with Crippen molar-refractivity contribution in [2.75, 3.05) is 36.0 Å². The molecular formula is C42H50F2N6O5. The van der Waals surface area contributed by atoms with Crippen LogP contribution in [0.3, 0.4) is 0 Å². The fourth-order valence-corrected chi connectivity index (χ4v) is 7.77. The van der Waals surface area contributed by atoms with E-state index in [9.17, 15) is 23.6 Å². The number of halogens is 2. The van der Waals surface area contributed by atoms with Crippen molar-refractivity contribution in [3.63, 3.8) is 0 Å². The predicted octanol–water partition coefficient (Wildman–Crippen LogP) is 4.68. The number of allylic oxidation sites excluding steroid dienone is 4. The fourth-order valence-electron chi connectivity index (χ4n) is 7.77. The number of primary amides is 2. The summed E-state index contributed by atoms with van der Waals surface area (Å²) in [4.78, 5) is 48.7. The number of carbonyl (C=O) groups excluding carboxylic acids is 3. The van der Waals surface area contributed by atoms with E-state index in [1.807, 2.05) is 43.4 Å². The molecule has 2 saturated heterocycles. The number of anilines is 2. The van der Waals surface area contributed by atoms with Gasteiger partial charge in [0, 0.05) is 66.4 Å². The number of rotatable bonds is 5. The van der Waals surface area contributed by atoms with Gasteiger partial charge in [-0.1, -0.05) is 23.0 Å². The molecule has 8 N–H and O–H groups in total. The molecule has 2 aliphatic heterocycles. The molecule has 0 spiro atoms. The van der Waals surface area contributed by atoms with Crippen LogP contribution in [0.15, 0.2) is 23.3 Å². The number of amides is 3. The van der Waals surface area contributed by atoms with Crippen LogP contribution in [0.2, 0.25) is 0 Å². The molecule has 4 aliphatic rings. The second-order valence-corrected chi connectivity index (χ2v) is 14.3. The molecule has 2 atom stereocenters. The van der Waals surface area contributed by atoms with E-state index in [2.05, 4.69) is 23.1 Å². The van der Waals surface area contributed by atoms with E-state index >= 15 is 4.39 Å². The standard InChI is InChI=1S/C21H24FN3O2.C17H22FN3O.C4H4O2/c1-4-6-18(26)24-14-7-5-8-25(11-14)20-17(22)10-16(21(23)27)15-9-12(2)13(3)19(15)20;1-9-6-12-13(17(20)22)7-14(18)16(15(12)10(9)2)21-5-3-4-11(19)8-21;1-2-3-4(5)6/h10,14H,5,7-9,11H2,1-3H3,(H2,23,27)(H,24,26);7,11H,3-6,8,19H2,1-2H3,(H2,20,22);1H3,(H,5,6)/t14-;11-;/m00./s1. The van der Waals surface area contributed by atoms with E-state index in [0.717, 1.165) is 76.8 Å². The van der Waals surface area contributed by atoms with E-state index in [-0.39, 0.29) is 29.4 Å². The number of nitrogens with one attached hydrogen (secondary N) is 1. The number of fused-ring (bicyclic) bond motifs is 2. The van der Waals surface area contributed by atoms with Crippen LogP contribution < -0.4 is 32.3 Å². The average molecular weight is 757 g/mol. The van der Waals surface area contributed by atoms with Crippen molar-refractivity contribution in [3.8, 4) is 23.7 Å². The van der Waals surface area contributed by atoms with Gasteiger partial charge in [-0.05, 0) is 120 Å². The van der Waals surface area contributed by atoms with Crippen LogP contribution in [0.4, 0.5) is 20.2 Å². The molecule has 2 aromatic rings. The zero-order chi connectivity index (χ0) is 40.7. The minimum absolute atomic E-state index is 0.0615. The maximum atomic E-state index is 15.1. The highest BCUT2D eigenvalue weighted by Gasteiger charge is 2.33. The Labute approximate surface area is 321 Å². The first-order chi connectivity index (χ1) is 26.0. The number of aliphatic carboxylic acids is 1. The summed E-state index contributed by atoms with van der Waals surface area (Å²) >= 11 is 0. The van der Waals surface area contributed by atoms with E-state index in [1.165, 1.54) is 19.1 Å². The molecule has 6 rings (SSSR count). The molecule has 2 heterocycles. The van der Waals surface area contributed by atoms with Gasteiger partial charge < -0.3 is 37.4 Å². The molecule has 0 radical (unpaired) electrons. The van der Waals surface area contributed by atoms with Crippen molar-refractivity contribution >= 4 is 46.2 Å². The minimum atomic E-state index is -1.07. The number of hydrogen-bond acceptors (Lipinski definition) is 7. The molecule has 292 valence electrons. The molecule has 2 fully saturated rings. The van der Waals surface area contributed by atoms with Gasteiger partial charge in [0.2, 0.25) is 11.8 Å². The van der Waals surface area contributed by atoms with Gasteiger partial charge in [-0.25, -0.2) is 13.6 Å². The second kappa shape index (κ2) is 18.1. The molecule has 0 saturated carbocycles. The normalized spacial score (nSPS) is 18.3. The number of nitrogens with two attached hydrogens (primary N) is 3. The summed E-state index contributed by atoms with van der Waals surface area (Å²) in [6.45, 7) is 13.7. The summed E-state index contributed by atoms with van der Waals surface area (Å²) in [5.41, 5.74) is 26.2. The first kappa shape index (κ1) is 42.1. The first-order valence-electron chi connectivity index (χ1n) is 18.3. The van der Waals surface area contributed by atoms with Crippen molar-refractivity contribution in [2.45, 2.75) is 92.2 Å². The smallest absolute Gasteiger partial charge is 0.381 e. The van der Waals surface area contributed by atoms with E-state index < -0.39 is 23.6 Å². The van der Waals surface area contributed by atoms with Gasteiger partial charge in [0.1, 0.15) is 11.6 Å². The van der Waals surface area contributed by atoms with Crippen molar-refractivity contribution in [1.29, 1.82) is 0 Å². The molecule has 11 nitrogen and oxygen atoms in total. The summed E-state index contributed by atoms with van der Waals surface area (Å²) < 4.78 is 29.8. The Kier molecular flexibility index (Phi) is 13.9. The van der Waals surface area contributed by atoms with Crippen LogP contribution in [0, 0.1) is 35.3 Å². The maximum Gasteiger partial charge on any atom is 0.381 e. The highest BCUT2D eigenvalue weighted by atomic mass is 19.1. The molecule has 0 aromatic heterocycles. The number of carbonyl (C=O) groups is 4. The second-order valence-electron chi connectivity index (χ2n) is 14.3. The number of benzene rings is 2. The number of nitrogens with zero attached hydrogens (tertiary/aromatic N) is 2. The van der Waals surface area contributed by atoms with E-state index in [4.69, 9.17) is 22.3 Å². The monoisotopic (exact) mass is 756 g/mol. The van der Waals surface area contributed by atoms with Crippen LogP contribution in [0.5, 0.6) is 0 Å². The third kappa shape index (κ3) is 9.53. The van der Waals surface area contributed by atoms with Gasteiger partial charge in [0.15, 0.2) is 0 Å². The Morgan fingerprint density at radius 1 is 0.764 bits per heavy atom. The van der Waals surface area contributed by atoms with Crippen LogP contribution in [0.25, 0.3) is 11.1 Å². The SMILES string of the molecule is CC#CC(=O)N[C@H]1CCCN(c2c(F)cc(C(N)=O)c3c2C(C)=C(C)C3)C1.CC#CC(=O)O.CC1=C(C)c2c(c(C(N)=O)cc(F)c2N2CCC[C@H](N)C2)C1. The van der Waals surface area contributed by atoms with Crippen molar-refractivity contribution in [3.05, 3.63) is 68.3 Å². The van der Waals surface area contributed by atoms with Crippen LogP contribution in [-0.2, 0) is 22.4 Å². The lowest BCUT2D eigenvalue weighted by Gasteiger charge is -2.36. The molecule has 0 unspecified atom stereocenters. The Morgan fingerprint density at radius 2 is 1.22 bits per heavy atom. The fraction of sp³-hybridized carbons (Fsp3) is 0.429. The molecule has 0 bridgehead atoms. The zero-order valence-electron chi connectivity index (χ0n) is 32.3. The highest BCUT2D eigenvalue weighted by molar-refractivity contribution is 6.00. The zero-order valence-corrected chi connectivity index (χ0v) is 32.3. The highest BCUT2D eigenvalue weighted by Crippen LogP contribution is 2.44. The van der Waals surface area contributed by atoms with E-state index in [0.29, 0.717) is 49.4 Å². The predicted molar refractivity (Wildman–Crippen MR) is 211 cm³/mol. The van der Waals surface area contributed by atoms with Gasteiger partial charge in [-0.15, -0.1) is 0 Å². The Hall–Kier alpha value is -5.66. The van der Waals surface area contributed by atoms with Crippen LogP contribution in [0.1, 0.15) is 110 Å². The lowest BCUT2D eigenvalue weighted by molar-refractivity contribution is -0.130. The lowest BCUT2D eigenvalue weighted by Crippen LogP contribution is -2.48. The number of carboxylic acids is 1. The summed E-state index contributed by atoms with van der Waals surface area (Å²) in [6, 6.07) is 2.52. The largest absolute Gasteiger partial charge is 0.472 e. The third-order valence-electron chi connectivity index (χ3n) is 10.5.